The number of thiophene rings is 2. The molecule has 0 bridgehead atoms. The molecule has 1 aliphatic rings. The Morgan fingerprint density at radius 3 is 1.85 bits per heavy atom. The van der Waals surface area contributed by atoms with E-state index in [9.17, 15) is 5.48 Å². The lowest BCUT2D eigenvalue weighted by molar-refractivity contribution is 0.388. The van der Waals surface area contributed by atoms with Gasteiger partial charge in [-0.2, -0.15) is 22.7 Å². The lowest BCUT2D eigenvalue weighted by atomic mass is 9.66. The van der Waals surface area contributed by atoms with Gasteiger partial charge in [-0.3, -0.25) is 8.97 Å². The van der Waals surface area contributed by atoms with Gasteiger partial charge >= 0.3 is 0 Å². The molecule has 12 rings (SSSR count). The quantitative estimate of drug-likeness (QED) is 0.107. The van der Waals surface area contributed by atoms with E-state index in [4.69, 9.17) is 9.72 Å². The lowest BCUT2D eigenvalue weighted by Gasteiger charge is -2.43. The minimum atomic E-state index is -3.53. The summed E-state index contributed by atoms with van der Waals surface area (Å²) >= 11 is 2.82. The van der Waals surface area contributed by atoms with Crippen LogP contribution in [0, 0.1) is 0 Å². The second kappa shape index (κ2) is 14.5. The predicted octanol–water partition coefficient (Wildman–Crippen LogP) is 10.8. The van der Waals surface area contributed by atoms with Crippen LogP contribution in [0.5, 0.6) is 11.5 Å². The smallest absolute Gasteiger partial charge is 0.220 e. The number of hydrogen-bond acceptors (Lipinski definition) is 4. The predicted molar refractivity (Wildman–Crippen MR) is 256 cm³/mol. The molecule has 11 aromatic rings. The third-order valence-corrected chi connectivity index (χ3v) is 18.2. The van der Waals surface area contributed by atoms with E-state index in [1.165, 1.54) is 22.7 Å². The Hall–Kier alpha value is -6.77. The maximum Gasteiger partial charge on any atom is 0.220 e. The number of imidazole rings is 2. The van der Waals surface area contributed by atoms with Crippen molar-refractivity contribution in [2.24, 2.45) is 0 Å². The highest BCUT2D eigenvalue weighted by atomic mass is 32.1. The average Bonchev–Trinajstić information content (AvgIpc) is 4.19. The molecule has 0 atom stereocenters. The van der Waals surface area contributed by atoms with E-state index in [0.717, 1.165) is 54.3 Å². The molecule has 61 heavy (non-hydrogen) atoms. The van der Waals surface area contributed by atoms with Crippen molar-refractivity contribution in [1.29, 1.82) is 0 Å². The molecule has 5 heterocycles. The summed E-state index contributed by atoms with van der Waals surface area (Å²) < 4.78 is 53.5. The molecule has 0 fully saturated rings. The van der Waals surface area contributed by atoms with Crippen LogP contribution in [0.25, 0.3) is 33.5 Å². The molecule has 0 saturated heterocycles. The van der Waals surface area contributed by atoms with Crippen molar-refractivity contribution in [3.8, 4) is 17.2 Å². The van der Waals surface area contributed by atoms with Crippen LogP contribution < -0.4 is 25.5 Å². The van der Waals surface area contributed by atoms with Gasteiger partial charge in [0.15, 0.2) is 8.07 Å². The van der Waals surface area contributed by atoms with Crippen LogP contribution in [-0.2, 0) is 18.2 Å². The molecule has 292 valence electrons. The largest absolute Gasteiger partial charge is 0.457 e. The number of fused-ring (bicyclic) bond motifs is 7. The number of aromatic nitrogens is 3. The van der Waals surface area contributed by atoms with E-state index in [0.29, 0.717) is 33.8 Å². The van der Waals surface area contributed by atoms with Crippen molar-refractivity contribution < 1.29 is 10.2 Å². The highest BCUT2D eigenvalue weighted by molar-refractivity contribution is 7.20. The molecule has 7 heteroatoms. The monoisotopic (exact) mass is 841 g/mol. The standard InChI is InChI=1S/C54H39N3OS2Si/c1-3-16-41(17-4-1)61(42-18-5-2-6-19-42,43-20-13-15-40(33-43)56-48-25-10-11-26-49(48)57-47-24-9-8-23-46(47)55-53(56)57)51-28-14-22-45-52(51)58-50-27-12-7-21-44(50)54(45,34-38-29-31-59-36-38)35-39-30-32-60-37-39/h1-33,36-37H,34-35H2/i34D2,35D2. The summed E-state index contributed by atoms with van der Waals surface area (Å²) in [5.74, 6) is 1.71. The Morgan fingerprint density at radius 1 is 0.557 bits per heavy atom. The Balaban J connectivity index is 1.22. The Kier molecular flexibility index (Phi) is 7.60. The second-order valence-electron chi connectivity index (χ2n) is 15.4. The minimum Gasteiger partial charge on any atom is -0.457 e. The topological polar surface area (TPSA) is 31.5 Å². The third-order valence-electron chi connectivity index (χ3n) is 12.1. The van der Waals surface area contributed by atoms with Gasteiger partial charge in [-0.1, -0.05) is 133 Å². The Bertz CT molecular complexity index is 3470. The van der Waals surface area contributed by atoms with Gasteiger partial charge in [-0.05, 0) is 121 Å². The first-order valence-corrected chi connectivity index (χ1v) is 24.2. The number of ether oxygens (including phenoxy) is 1. The van der Waals surface area contributed by atoms with E-state index < -0.39 is 26.2 Å². The van der Waals surface area contributed by atoms with E-state index >= 15 is 0 Å². The fraction of sp³-hybridized carbons (Fsp3) is 0.0556. The van der Waals surface area contributed by atoms with Crippen LogP contribution in [0.1, 0.15) is 27.7 Å². The summed E-state index contributed by atoms with van der Waals surface area (Å²) in [6, 6.07) is 63.8. The number of benzene rings is 7. The fourth-order valence-electron chi connectivity index (χ4n) is 9.59. The van der Waals surface area contributed by atoms with Crippen LogP contribution in [0.3, 0.4) is 0 Å². The van der Waals surface area contributed by atoms with E-state index in [-0.39, 0.29) is 0 Å². The maximum atomic E-state index is 10.4. The molecule has 0 N–H and O–H groups in total. The maximum absolute atomic E-state index is 10.4. The number of hydrogen-bond donors (Lipinski definition) is 0. The first-order chi connectivity index (χ1) is 31.8. The van der Waals surface area contributed by atoms with Gasteiger partial charge in [0, 0.05) is 27.7 Å². The normalized spacial score (nSPS) is 14.8. The SMILES string of the molecule is [2H]C([2H])(c1ccsc1)C1(C([2H])([2H])c2ccsc2)c2ccccc2Oc2c1cccc2[Si](c1ccccc1)(c1ccccc1)c1cccc(-n2c3ccccc3n3c4ccccc4nc23)c1. The molecular weight excluding hydrogens is 799 g/mol. The van der Waals surface area contributed by atoms with Crippen LogP contribution >= 0.6 is 22.7 Å². The summed E-state index contributed by atoms with van der Waals surface area (Å²) in [4.78, 5) is 5.23. The van der Waals surface area contributed by atoms with Gasteiger partial charge in [-0.15, -0.1) is 0 Å². The van der Waals surface area contributed by atoms with Crippen LogP contribution in [0.2, 0.25) is 0 Å². The van der Waals surface area contributed by atoms with Crippen molar-refractivity contribution >= 4 is 79.3 Å². The van der Waals surface area contributed by atoms with Gasteiger partial charge in [0.1, 0.15) is 11.5 Å². The molecule has 0 spiro atoms. The lowest BCUT2D eigenvalue weighted by Crippen LogP contribution is -2.75. The molecule has 0 aliphatic carbocycles. The second-order valence-corrected chi connectivity index (χ2v) is 20.7. The van der Waals surface area contributed by atoms with Crippen molar-refractivity contribution in [2.75, 3.05) is 0 Å². The highest BCUT2D eigenvalue weighted by Crippen LogP contribution is 2.51. The van der Waals surface area contributed by atoms with Crippen LogP contribution in [0.4, 0.5) is 0 Å². The molecule has 0 unspecified atom stereocenters. The molecule has 0 saturated carbocycles. The number of nitrogens with zero attached hydrogens (tertiary/aromatic N) is 3. The van der Waals surface area contributed by atoms with Gasteiger partial charge in [0.25, 0.3) is 0 Å². The molecule has 0 radical (unpaired) electrons. The summed E-state index contributed by atoms with van der Waals surface area (Å²) in [6.07, 6.45) is -4.55. The van der Waals surface area contributed by atoms with Crippen molar-refractivity contribution in [3.63, 3.8) is 0 Å². The summed E-state index contributed by atoms with van der Waals surface area (Å²) in [6.45, 7) is 0. The Morgan fingerprint density at radius 2 is 1.15 bits per heavy atom. The van der Waals surface area contributed by atoms with Crippen molar-refractivity contribution in [2.45, 2.75) is 18.2 Å². The zero-order chi connectivity index (χ0) is 44.0. The van der Waals surface area contributed by atoms with Crippen LogP contribution in [-0.4, -0.2) is 22.0 Å². The van der Waals surface area contributed by atoms with Crippen LogP contribution in [0.15, 0.2) is 210 Å². The van der Waals surface area contributed by atoms with E-state index in [1.54, 1.807) is 12.1 Å². The summed E-state index contributed by atoms with van der Waals surface area (Å²) in [5, 5.41) is 11.5. The van der Waals surface area contributed by atoms with E-state index in [1.807, 2.05) is 76.1 Å². The molecule has 1 aliphatic heterocycles. The van der Waals surface area contributed by atoms with Gasteiger partial charge < -0.3 is 4.74 Å². The van der Waals surface area contributed by atoms with Gasteiger partial charge in [-0.25, -0.2) is 4.98 Å². The highest BCUT2D eigenvalue weighted by Gasteiger charge is 2.49. The Labute approximate surface area is 368 Å². The molecule has 0 amide bonds. The first kappa shape index (κ1) is 32.1. The minimum absolute atomic E-state index is 0.411. The third kappa shape index (κ3) is 5.58. The molecule has 4 nitrogen and oxygen atoms in total. The van der Waals surface area contributed by atoms with Gasteiger partial charge in [0.05, 0.1) is 22.1 Å². The average molecular weight is 842 g/mol. The summed E-state index contributed by atoms with van der Waals surface area (Å²) in [7, 11) is -3.53. The number of rotatable bonds is 9. The fourth-order valence-corrected chi connectivity index (χ4v) is 15.7. The summed E-state index contributed by atoms with van der Waals surface area (Å²) in [5.41, 5.74) is 4.79. The van der Waals surface area contributed by atoms with Crippen molar-refractivity contribution in [3.05, 3.63) is 232 Å². The molecule has 7 aromatic carbocycles. The zero-order valence-electron chi connectivity index (χ0n) is 36.8. The zero-order valence-corrected chi connectivity index (χ0v) is 35.4. The van der Waals surface area contributed by atoms with Crippen molar-refractivity contribution in [1.82, 2.24) is 14.0 Å². The number of para-hydroxylation sites is 6. The molecular formula is C54H39N3OS2Si. The molecule has 4 aromatic heterocycles. The van der Waals surface area contributed by atoms with E-state index in [2.05, 4.69) is 130 Å². The van der Waals surface area contributed by atoms with Gasteiger partial charge in [0.2, 0.25) is 5.78 Å². The first-order valence-electron chi connectivity index (χ1n) is 22.3.